The Morgan fingerprint density at radius 1 is 1.33 bits per heavy atom. The van der Waals surface area contributed by atoms with E-state index in [1.807, 2.05) is 37.9 Å². The molecule has 118 valence electrons. The standard InChI is InChI=1S/C15H24N2O2S2/c1-11-4-5-12(10-16-2)8-15(11)21(18,19)17-13-6-7-14(9-13)20-3/h4-5,8,13-14,16-17H,6-7,9-10H2,1-3H3. The van der Waals surface area contributed by atoms with E-state index in [9.17, 15) is 8.42 Å². The zero-order valence-electron chi connectivity index (χ0n) is 12.8. The Kier molecular flexibility index (Phi) is 5.71. The van der Waals surface area contributed by atoms with Crippen LogP contribution in [0.15, 0.2) is 23.1 Å². The number of sulfonamides is 1. The van der Waals surface area contributed by atoms with E-state index in [-0.39, 0.29) is 6.04 Å². The fourth-order valence-electron chi connectivity index (χ4n) is 2.79. The first kappa shape index (κ1) is 16.8. The van der Waals surface area contributed by atoms with Crippen molar-refractivity contribution in [2.24, 2.45) is 0 Å². The summed E-state index contributed by atoms with van der Waals surface area (Å²) in [6, 6.07) is 5.68. The number of hydrogen-bond donors (Lipinski definition) is 2. The Morgan fingerprint density at radius 3 is 2.71 bits per heavy atom. The number of thioether (sulfide) groups is 1. The molecule has 2 N–H and O–H groups in total. The minimum Gasteiger partial charge on any atom is -0.316 e. The van der Waals surface area contributed by atoms with Crippen LogP contribution in [-0.2, 0) is 16.6 Å². The van der Waals surface area contributed by atoms with Crippen LogP contribution in [-0.4, -0.2) is 33.0 Å². The van der Waals surface area contributed by atoms with Gasteiger partial charge in [-0.25, -0.2) is 13.1 Å². The van der Waals surface area contributed by atoms with Gasteiger partial charge in [-0.1, -0.05) is 12.1 Å². The van der Waals surface area contributed by atoms with Crippen molar-refractivity contribution >= 4 is 21.8 Å². The molecule has 1 aliphatic carbocycles. The second-order valence-corrected chi connectivity index (χ2v) is 8.44. The van der Waals surface area contributed by atoms with Gasteiger partial charge < -0.3 is 5.32 Å². The maximum Gasteiger partial charge on any atom is 0.241 e. The predicted molar refractivity (Wildman–Crippen MR) is 89.2 cm³/mol. The fourth-order valence-corrected chi connectivity index (χ4v) is 5.17. The van der Waals surface area contributed by atoms with Gasteiger partial charge in [0.1, 0.15) is 0 Å². The predicted octanol–water partition coefficient (Wildman–Crippen LogP) is 2.28. The van der Waals surface area contributed by atoms with Gasteiger partial charge in [0.25, 0.3) is 0 Å². The molecule has 2 rings (SSSR count). The molecule has 1 aromatic carbocycles. The molecule has 0 aromatic heterocycles. The van der Waals surface area contributed by atoms with Crippen molar-refractivity contribution in [3.05, 3.63) is 29.3 Å². The van der Waals surface area contributed by atoms with Crippen LogP contribution < -0.4 is 10.0 Å². The Bertz CT molecular complexity index is 587. The maximum atomic E-state index is 12.6. The Hall–Kier alpha value is -0.560. The first-order chi connectivity index (χ1) is 9.96. The summed E-state index contributed by atoms with van der Waals surface area (Å²) in [5, 5.41) is 3.63. The van der Waals surface area contributed by atoms with Gasteiger partial charge in [0.15, 0.2) is 0 Å². The lowest BCUT2D eigenvalue weighted by Crippen LogP contribution is -2.33. The third kappa shape index (κ3) is 4.22. The minimum atomic E-state index is -3.43. The molecule has 6 heteroatoms. The molecular formula is C15H24N2O2S2. The second kappa shape index (κ2) is 7.13. The maximum absolute atomic E-state index is 12.6. The Morgan fingerprint density at radius 2 is 2.10 bits per heavy atom. The number of benzene rings is 1. The zero-order chi connectivity index (χ0) is 15.5. The molecule has 0 aliphatic heterocycles. The van der Waals surface area contributed by atoms with Gasteiger partial charge in [-0.2, -0.15) is 11.8 Å². The van der Waals surface area contributed by atoms with Gasteiger partial charge in [-0.05, 0) is 56.7 Å². The van der Waals surface area contributed by atoms with Gasteiger partial charge in [0.2, 0.25) is 10.0 Å². The summed E-state index contributed by atoms with van der Waals surface area (Å²) in [6.45, 7) is 2.51. The molecule has 1 saturated carbocycles. The first-order valence-electron chi connectivity index (χ1n) is 7.25. The Labute approximate surface area is 132 Å². The van der Waals surface area contributed by atoms with E-state index in [1.54, 1.807) is 6.07 Å². The van der Waals surface area contributed by atoms with Crippen LogP contribution in [0.25, 0.3) is 0 Å². The second-order valence-electron chi connectivity index (χ2n) is 5.62. The average molecular weight is 329 g/mol. The van der Waals surface area contributed by atoms with Crippen molar-refractivity contribution in [2.45, 2.75) is 48.9 Å². The van der Waals surface area contributed by atoms with E-state index in [0.29, 0.717) is 16.7 Å². The van der Waals surface area contributed by atoms with Crippen LogP contribution in [0.3, 0.4) is 0 Å². The van der Waals surface area contributed by atoms with Crippen LogP contribution in [0.4, 0.5) is 0 Å². The van der Waals surface area contributed by atoms with E-state index in [4.69, 9.17) is 0 Å². The van der Waals surface area contributed by atoms with Crippen LogP contribution in [0.2, 0.25) is 0 Å². The van der Waals surface area contributed by atoms with Gasteiger partial charge >= 0.3 is 0 Å². The smallest absolute Gasteiger partial charge is 0.241 e. The molecular weight excluding hydrogens is 304 g/mol. The van der Waals surface area contributed by atoms with E-state index in [2.05, 4.69) is 16.3 Å². The molecule has 0 spiro atoms. The highest BCUT2D eigenvalue weighted by atomic mass is 32.2. The van der Waals surface area contributed by atoms with Crippen LogP contribution in [0.5, 0.6) is 0 Å². The largest absolute Gasteiger partial charge is 0.316 e. The van der Waals surface area contributed by atoms with Gasteiger partial charge in [-0.3, -0.25) is 0 Å². The molecule has 0 amide bonds. The molecule has 2 unspecified atom stereocenters. The molecule has 4 nitrogen and oxygen atoms in total. The van der Waals surface area contributed by atoms with Gasteiger partial charge in [-0.15, -0.1) is 0 Å². The zero-order valence-corrected chi connectivity index (χ0v) is 14.5. The van der Waals surface area contributed by atoms with Crippen molar-refractivity contribution in [1.29, 1.82) is 0 Å². The van der Waals surface area contributed by atoms with Crippen LogP contribution >= 0.6 is 11.8 Å². The average Bonchev–Trinajstić information content (AvgIpc) is 2.88. The number of rotatable bonds is 6. The molecule has 2 atom stereocenters. The van der Waals surface area contributed by atoms with Crippen LogP contribution in [0, 0.1) is 6.92 Å². The lowest BCUT2D eigenvalue weighted by Gasteiger charge is -2.15. The summed E-state index contributed by atoms with van der Waals surface area (Å²) in [7, 11) is -1.58. The summed E-state index contributed by atoms with van der Waals surface area (Å²) < 4.78 is 28.1. The monoisotopic (exact) mass is 328 g/mol. The number of aryl methyl sites for hydroxylation is 1. The number of nitrogens with one attached hydrogen (secondary N) is 2. The molecule has 1 fully saturated rings. The molecule has 1 aliphatic rings. The topological polar surface area (TPSA) is 58.2 Å². The summed E-state index contributed by atoms with van der Waals surface area (Å²) in [4.78, 5) is 0.405. The van der Waals surface area contributed by atoms with E-state index in [0.717, 1.165) is 30.4 Å². The molecule has 0 bridgehead atoms. The molecule has 0 saturated heterocycles. The summed E-state index contributed by atoms with van der Waals surface area (Å²) in [5.41, 5.74) is 1.78. The highest BCUT2D eigenvalue weighted by molar-refractivity contribution is 7.99. The lowest BCUT2D eigenvalue weighted by molar-refractivity contribution is 0.552. The van der Waals surface area contributed by atoms with Crippen molar-refractivity contribution in [3.8, 4) is 0 Å². The van der Waals surface area contributed by atoms with Crippen molar-refractivity contribution < 1.29 is 8.42 Å². The summed E-state index contributed by atoms with van der Waals surface area (Å²) in [6.07, 6.45) is 5.04. The molecule has 0 radical (unpaired) electrons. The third-order valence-electron chi connectivity index (χ3n) is 3.96. The van der Waals surface area contributed by atoms with Gasteiger partial charge in [0.05, 0.1) is 4.90 Å². The highest BCUT2D eigenvalue weighted by Crippen LogP contribution is 2.29. The summed E-state index contributed by atoms with van der Waals surface area (Å²) >= 11 is 1.83. The first-order valence-corrected chi connectivity index (χ1v) is 10.0. The van der Waals surface area contributed by atoms with Crippen LogP contribution in [0.1, 0.15) is 30.4 Å². The van der Waals surface area contributed by atoms with E-state index < -0.39 is 10.0 Å². The van der Waals surface area contributed by atoms with E-state index >= 15 is 0 Å². The quantitative estimate of drug-likeness (QED) is 0.841. The van der Waals surface area contributed by atoms with Crippen molar-refractivity contribution in [3.63, 3.8) is 0 Å². The molecule has 21 heavy (non-hydrogen) atoms. The molecule has 0 heterocycles. The minimum absolute atomic E-state index is 0.0693. The van der Waals surface area contributed by atoms with Crippen molar-refractivity contribution in [1.82, 2.24) is 10.0 Å². The van der Waals surface area contributed by atoms with E-state index in [1.165, 1.54) is 0 Å². The molecule has 1 aromatic rings. The SMILES string of the molecule is CNCc1ccc(C)c(S(=O)(=O)NC2CCC(SC)C2)c1. The fraction of sp³-hybridized carbons (Fsp3) is 0.600. The lowest BCUT2D eigenvalue weighted by atomic mass is 10.1. The summed E-state index contributed by atoms with van der Waals surface area (Å²) in [5.74, 6) is 0. The Balaban J connectivity index is 2.17. The number of hydrogen-bond acceptors (Lipinski definition) is 4. The normalized spacial score (nSPS) is 22.6. The third-order valence-corrected chi connectivity index (χ3v) is 6.72. The van der Waals surface area contributed by atoms with Crippen molar-refractivity contribution in [2.75, 3.05) is 13.3 Å². The van der Waals surface area contributed by atoms with Gasteiger partial charge in [0, 0.05) is 17.8 Å². The highest BCUT2D eigenvalue weighted by Gasteiger charge is 2.28.